The average molecular weight is 644 g/mol. The Morgan fingerprint density at radius 1 is 0.408 bits per heavy atom. The number of furan rings is 1. The minimum absolute atomic E-state index is 0.872. The highest BCUT2D eigenvalue weighted by Crippen LogP contribution is 2.47. The molecule has 3 heteroatoms. The van der Waals surface area contributed by atoms with Gasteiger partial charge < -0.3 is 9.32 Å². The van der Waals surface area contributed by atoms with Crippen molar-refractivity contribution in [3.63, 3.8) is 0 Å². The first-order valence-electron chi connectivity index (χ1n) is 16.6. The number of hydrogen-bond acceptors (Lipinski definition) is 3. The molecule has 0 aliphatic heterocycles. The molecule has 0 bridgehead atoms. The van der Waals surface area contributed by atoms with Crippen LogP contribution < -0.4 is 4.90 Å². The Hall–Kier alpha value is -6.16. The summed E-state index contributed by atoms with van der Waals surface area (Å²) in [5.41, 5.74) is 9.83. The van der Waals surface area contributed by atoms with Crippen molar-refractivity contribution in [3.05, 3.63) is 176 Å². The molecule has 2 nitrogen and oxygen atoms in total. The number of nitrogens with zero attached hydrogens (tertiary/aromatic N) is 1. The maximum Gasteiger partial charge on any atom is 0.137 e. The topological polar surface area (TPSA) is 16.4 Å². The lowest BCUT2D eigenvalue weighted by Crippen LogP contribution is -2.10. The maximum absolute atomic E-state index is 6.77. The molecular formula is C46H29NOS. The summed E-state index contributed by atoms with van der Waals surface area (Å²) in [4.78, 5) is 2.38. The predicted molar refractivity (Wildman–Crippen MR) is 210 cm³/mol. The molecule has 0 radical (unpaired) electrons. The van der Waals surface area contributed by atoms with Crippen LogP contribution in [-0.2, 0) is 0 Å². The van der Waals surface area contributed by atoms with Gasteiger partial charge in [0, 0.05) is 43.7 Å². The van der Waals surface area contributed by atoms with Gasteiger partial charge in [0.2, 0.25) is 0 Å². The number of rotatable bonds is 5. The highest BCUT2D eigenvalue weighted by molar-refractivity contribution is 7.26. The fourth-order valence-corrected chi connectivity index (χ4v) is 8.60. The standard InChI is InChI=1S/C46H29NOS/c1-3-12-30(13-4-1)31-22-24-33(25-23-31)47(41-20-11-19-38-36-17-9-10-21-44(36)49-46(38)41)34-26-27-39-42(28-34)48-43-29-40(32-14-5-2-6-15-32)35-16-7-8-18-37(35)45(39)43/h1-29H. The van der Waals surface area contributed by atoms with Crippen molar-refractivity contribution >= 4 is 81.3 Å². The fraction of sp³-hybridized carbons (Fsp3) is 0. The molecule has 10 rings (SSSR count). The number of thiophene rings is 1. The zero-order chi connectivity index (χ0) is 32.3. The van der Waals surface area contributed by atoms with Gasteiger partial charge in [0.25, 0.3) is 0 Å². The Labute approximate surface area is 287 Å². The van der Waals surface area contributed by atoms with Crippen LogP contribution in [0, 0.1) is 0 Å². The number of hydrogen-bond donors (Lipinski definition) is 0. The third kappa shape index (κ3) is 4.55. The SMILES string of the molecule is c1ccc(-c2ccc(N(c3ccc4c(c3)oc3cc(-c5ccccc5)c5ccccc5c34)c3cccc4c3sc3ccccc34)cc2)cc1. The summed E-state index contributed by atoms with van der Waals surface area (Å²) in [7, 11) is 0. The van der Waals surface area contributed by atoms with Gasteiger partial charge in [-0.25, -0.2) is 0 Å². The van der Waals surface area contributed by atoms with E-state index in [1.165, 1.54) is 53.2 Å². The molecule has 2 heterocycles. The second-order valence-electron chi connectivity index (χ2n) is 12.5. The summed E-state index contributed by atoms with van der Waals surface area (Å²) < 4.78 is 9.33. The number of anilines is 3. The van der Waals surface area contributed by atoms with Crippen molar-refractivity contribution in [2.75, 3.05) is 4.90 Å². The van der Waals surface area contributed by atoms with Crippen molar-refractivity contribution in [1.82, 2.24) is 0 Å². The first-order chi connectivity index (χ1) is 24.3. The largest absolute Gasteiger partial charge is 0.456 e. The van der Waals surface area contributed by atoms with Crippen molar-refractivity contribution in [1.29, 1.82) is 0 Å². The zero-order valence-electron chi connectivity index (χ0n) is 26.5. The average Bonchev–Trinajstić information content (AvgIpc) is 3.74. The Morgan fingerprint density at radius 2 is 1.04 bits per heavy atom. The maximum atomic E-state index is 6.77. The van der Waals surface area contributed by atoms with Crippen molar-refractivity contribution in [3.8, 4) is 22.3 Å². The molecule has 0 saturated carbocycles. The van der Waals surface area contributed by atoms with Crippen LogP contribution in [0.4, 0.5) is 17.1 Å². The van der Waals surface area contributed by atoms with E-state index in [4.69, 9.17) is 4.42 Å². The van der Waals surface area contributed by atoms with E-state index < -0.39 is 0 Å². The van der Waals surface area contributed by atoms with Crippen LogP contribution in [0.1, 0.15) is 0 Å². The van der Waals surface area contributed by atoms with Gasteiger partial charge in [0.05, 0.1) is 10.4 Å². The molecule has 0 aliphatic carbocycles. The third-order valence-electron chi connectivity index (χ3n) is 9.66. The van der Waals surface area contributed by atoms with Crippen LogP contribution in [-0.4, -0.2) is 0 Å². The number of fused-ring (bicyclic) bond motifs is 8. The third-order valence-corrected chi connectivity index (χ3v) is 10.9. The molecule has 10 aromatic rings. The molecule has 0 spiro atoms. The quantitative estimate of drug-likeness (QED) is 0.186. The molecule has 0 amide bonds. The van der Waals surface area contributed by atoms with Crippen LogP contribution in [0.25, 0.3) is 75.1 Å². The summed E-state index contributed by atoms with van der Waals surface area (Å²) in [6.07, 6.45) is 0. The lowest BCUT2D eigenvalue weighted by atomic mass is 9.95. The lowest BCUT2D eigenvalue weighted by Gasteiger charge is -2.26. The van der Waals surface area contributed by atoms with Crippen LogP contribution in [0.2, 0.25) is 0 Å². The van der Waals surface area contributed by atoms with E-state index in [0.717, 1.165) is 39.0 Å². The van der Waals surface area contributed by atoms with E-state index in [1.807, 2.05) is 11.3 Å². The van der Waals surface area contributed by atoms with Gasteiger partial charge in [-0.15, -0.1) is 11.3 Å². The molecule has 0 fully saturated rings. The summed E-state index contributed by atoms with van der Waals surface area (Å²) in [6, 6.07) is 63.0. The fourth-order valence-electron chi connectivity index (χ4n) is 7.39. The zero-order valence-corrected chi connectivity index (χ0v) is 27.3. The molecule has 0 saturated heterocycles. The second kappa shape index (κ2) is 11.2. The van der Waals surface area contributed by atoms with E-state index in [-0.39, 0.29) is 0 Å². The van der Waals surface area contributed by atoms with Crippen LogP contribution in [0.5, 0.6) is 0 Å². The van der Waals surface area contributed by atoms with Gasteiger partial charge in [-0.3, -0.25) is 0 Å². The molecule has 0 N–H and O–H groups in total. The molecule has 0 aliphatic rings. The second-order valence-corrected chi connectivity index (χ2v) is 13.5. The van der Waals surface area contributed by atoms with E-state index >= 15 is 0 Å². The first kappa shape index (κ1) is 27.9. The Kier molecular flexibility index (Phi) is 6.39. The molecule has 0 unspecified atom stereocenters. The smallest absolute Gasteiger partial charge is 0.137 e. The lowest BCUT2D eigenvalue weighted by molar-refractivity contribution is 0.669. The van der Waals surface area contributed by atoms with E-state index in [0.29, 0.717) is 0 Å². The van der Waals surface area contributed by atoms with E-state index in [2.05, 4.69) is 181 Å². The van der Waals surface area contributed by atoms with E-state index in [9.17, 15) is 0 Å². The Balaban J connectivity index is 1.20. The van der Waals surface area contributed by atoms with Gasteiger partial charge in [0.15, 0.2) is 0 Å². The van der Waals surface area contributed by atoms with Gasteiger partial charge >= 0.3 is 0 Å². The molecule has 8 aromatic carbocycles. The summed E-state index contributed by atoms with van der Waals surface area (Å²) in [5, 5.41) is 7.26. The monoisotopic (exact) mass is 643 g/mol. The number of benzene rings is 8. The van der Waals surface area contributed by atoms with Crippen LogP contribution in [0.3, 0.4) is 0 Å². The van der Waals surface area contributed by atoms with Crippen LogP contribution >= 0.6 is 11.3 Å². The summed E-state index contributed by atoms with van der Waals surface area (Å²) in [5.74, 6) is 0. The van der Waals surface area contributed by atoms with Gasteiger partial charge in [0.1, 0.15) is 11.2 Å². The van der Waals surface area contributed by atoms with Gasteiger partial charge in [-0.2, -0.15) is 0 Å². The molecule has 0 atom stereocenters. The molecular weight excluding hydrogens is 615 g/mol. The highest BCUT2D eigenvalue weighted by Gasteiger charge is 2.21. The van der Waals surface area contributed by atoms with Crippen molar-refractivity contribution < 1.29 is 4.42 Å². The van der Waals surface area contributed by atoms with Crippen molar-refractivity contribution in [2.24, 2.45) is 0 Å². The summed E-state index contributed by atoms with van der Waals surface area (Å²) in [6.45, 7) is 0. The Morgan fingerprint density at radius 3 is 1.84 bits per heavy atom. The van der Waals surface area contributed by atoms with E-state index in [1.54, 1.807) is 0 Å². The minimum Gasteiger partial charge on any atom is -0.456 e. The molecule has 2 aromatic heterocycles. The van der Waals surface area contributed by atoms with Crippen LogP contribution in [0.15, 0.2) is 180 Å². The normalized spacial score (nSPS) is 11.7. The predicted octanol–water partition coefficient (Wildman–Crippen LogP) is 13.9. The van der Waals surface area contributed by atoms with Gasteiger partial charge in [-0.05, 0) is 75.5 Å². The first-order valence-corrected chi connectivity index (χ1v) is 17.4. The van der Waals surface area contributed by atoms with Gasteiger partial charge in [-0.1, -0.05) is 127 Å². The Bertz CT molecular complexity index is 2810. The van der Waals surface area contributed by atoms with Crippen molar-refractivity contribution in [2.45, 2.75) is 0 Å². The molecule has 49 heavy (non-hydrogen) atoms. The molecule has 230 valence electrons. The highest BCUT2D eigenvalue weighted by atomic mass is 32.1. The minimum atomic E-state index is 0.872. The summed E-state index contributed by atoms with van der Waals surface area (Å²) >= 11 is 1.85.